The van der Waals surface area contributed by atoms with E-state index in [2.05, 4.69) is 20.5 Å². The van der Waals surface area contributed by atoms with Crippen molar-refractivity contribution in [3.63, 3.8) is 0 Å². The smallest absolute Gasteiger partial charge is 0.127 e. The molecule has 0 aromatic carbocycles. The van der Waals surface area contributed by atoms with Crippen molar-refractivity contribution >= 4 is 6.34 Å². The van der Waals surface area contributed by atoms with E-state index in [0.29, 0.717) is 6.54 Å². The number of morpholine rings is 1. The van der Waals surface area contributed by atoms with Gasteiger partial charge in [-0.25, -0.2) is 4.99 Å². The van der Waals surface area contributed by atoms with E-state index in [1.54, 1.807) is 6.34 Å². The first kappa shape index (κ1) is 14.9. The van der Waals surface area contributed by atoms with Gasteiger partial charge in [-0.2, -0.15) is 0 Å². The van der Waals surface area contributed by atoms with Gasteiger partial charge in [-0.1, -0.05) is 0 Å². The molecule has 6 heteroatoms. The number of rotatable bonds is 7. The molecule has 1 heterocycles. The molecule has 0 spiro atoms. The molecule has 0 aliphatic carbocycles. The Balaban J connectivity index is 2.53. The molecule has 0 bridgehead atoms. The molecule has 1 aliphatic heterocycles. The van der Waals surface area contributed by atoms with E-state index < -0.39 is 0 Å². The summed E-state index contributed by atoms with van der Waals surface area (Å²) in [5.41, 5.74) is 0. The Morgan fingerprint density at radius 2 is 2.22 bits per heavy atom. The molecule has 0 amide bonds. The molecule has 1 saturated heterocycles. The van der Waals surface area contributed by atoms with Crippen molar-refractivity contribution in [2.75, 3.05) is 46.5 Å². The largest absolute Gasteiger partial charge is 0.395 e. The normalized spacial score (nSPS) is 19.3. The third kappa shape index (κ3) is 5.48. The second-order valence-corrected chi connectivity index (χ2v) is 4.20. The van der Waals surface area contributed by atoms with Gasteiger partial charge in [0.15, 0.2) is 0 Å². The number of ether oxygens (including phenoxy) is 1. The molecule has 0 aromatic heterocycles. The van der Waals surface area contributed by atoms with Gasteiger partial charge in [-0.3, -0.25) is 0 Å². The summed E-state index contributed by atoms with van der Waals surface area (Å²) in [4.78, 5) is 6.58. The zero-order valence-corrected chi connectivity index (χ0v) is 11.2. The minimum atomic E-state index is 0.0977. The molecule has 1 atom stereocenters. The van der Waals surface area contributed by atoms with Gasteiger partial charge in [0.25, 0.3) is 0 Å². The Kier molecular flexibility index (Phi) is 7.40. The number of hydrogen-bond acceptors (Lipinski definition) is 5. The highest BCUT2D eigenvalue weighted by atomic mass is 16.5. The number of nitrogens with one attached hydrogen (secondary N) is 2. The standard InChI is InChI=1S/C12H24N4O2/c1-11(9-17)14-4-3-12(15-10-13-2)16-5-7-18-8-6-16/h3,10-11,14,17H,4-9H2,1-2H3,(H,13,15)/b12-3+/t11-/m1/s1. The molecular weight excluding hydrogens is 232 g/mol. The average molecular weight is 256 g/mol. The van der Waals surface area contributed by atoms with Crippen LogP contribution in [0.15, 0.2) is 16.9 Å². The van der Waals surface area contributed by atoms with Gasteiger partial charge < -0.3 is 25.4 Å². The van der Waals surface area contributed by atoms with E-state index in [9.17, 15) is 0 Å². The van der Waals surface area contributed by atoms with Gasteiger partial charge in [0.1, 0.15) is 5.82 Å². The zero-order chi connectivity index (χ0) is 13.2. The zero-order valence-electron chi connectivity index (χ0n) is 11.2. The molecule has 0 radical (unpaired) electrons. The number of aliphatic hydroxyl groups is 1. The van der Waals surface area contributed by atoms with Crippen molar-refractivity contribution in [1.29, 1.82) is 0 Å². The summed E-state index contributed by atoms with van der Waals surface area (Å²) in [6.07, 6.45) is 3.71. The van der Waals surface area contributed by atoms with Gasteiger partial charge in [0, 0.05) is 32.7 Å². The number of aliphatic imine (C=N–C) groups is 1. The molecule has 1 rings (SSSR count). The lowest BCUT2D eigenvalue weighted by Crippen LogP contribution is -2.36. The van der Waals surface area contributed by atoms with Crippen molar-refractivity contribution < 1.29 is 9.84 Å². The topological polar surface area (TPSA) is 69.1 Å². The molecule has 104 valence electrons. The second kappa shape index (κ2) is 8.91. The summed E-state index contributed by atoms with van der Waals surface area (Å²) >= 11 is 0. The van der Waals surface area contributed by atoms with Gasteiger partial charge in [-0.15, -0.1) is 0 Å². The predicted molar refractivity (Wildman–Crippen MR) is 72.6 cm³/mol. The third-order valence-electron chi connectivity index (χ3n) is 2.69. The highest BCUT2D eigenvalue weighted by Crippen LogP contribution is 2.08. The van der Waals surface area contributed by atoms with Crippen LogP contribution in [0.5, 0.6) is 0 Å². The van der Waals surface area contributed by atoms with Crippen LogP contribution in [0, 0.1) is 0 Å². The fourth-order valence-electron chi connectivity index (χ4n) is 1.60. The molecule has 0 unspecified atom stereocenters. The second-order valence-electron chi connectivity index (χ2n) is 4.20. The Hall–Kier alpha value is -1.11. The third-order valence-corrected chi connectivity index (χ3v) is 2.69. The molecule has 1 fully saturated rings. The van der Waals surface area contributed by atoms with Crippen molar-refractivity contribution in [3.05, 3.63) is 11.9 Å². The van der Waals surface area contributed by atoms with Crippen LogP contribution in [0.4, 0.5) is 0 Å². The number of nitrogens with zero attached hydrogens (tertiary/aromatic N) is 2. The summed E-state index contributed by atoms with van der Waals surface area (Å²) in [6, 6.07) is 0.0977. The maximum Gasteiger partial charge on any atom is 0.127 e. The summed E-state index contributed by atoms with van der Waals surface area (Å²) in [5.74, 6) is 0.935. The Morgan fingerprint density at radius 3 is 2.83 bits per heavy atom. The first-order valence-electron chi connectivity index (χ1n) is 6.34. The van der Waals surface area contributed by atoms with Gasteiger partial charge >= 0.3 is 0 Å². The quantitative estimate of drug-likeness (QED) is 0.418. The van der Waals surface area contributed by atoms with Gasteiger partial charge in [0.05, 0.1) is 26.2 Å². The van der Waals surface area contributed by atoms with Crippen LogP contribution in [0.3, 0.4) is 0 Å². The first-order valence-corrected chi connectivity index (χ1v) is 6.34. The summed E-state index contributed by atoms with van der Waals surface area (Å²) in [5, 5.41) is 15.0. The van der Waals surface area contributed by atoms with E-state index in [1.165, 1.54) is 0 Å². The van der Waals surface area contributed by atoms with E-state index >= 15 is 0 Å². The molecule has 3 N–H and O–H groups in total. The molecular formula is C12H24N4O2. The minimum Gasteiger partial charge on any atom is -0.395 e. The van der Waals surface area contributed by atoms with Crippen LogP contribution >= 0.6 is 0 Å². The Labute approximate surface area is 109 Å². The molecule has 18 heavy (non-hydrogen) atoms. The fraction of sp³-hybridized carbons (Fsp3) is 0.750. The fourth-order valence-corrected chi connectivity index (χ4v) is 1.60. The number of hydrogen-bond donors (Lipinski definition) is 3. The predicted octanol–water partition coefficient (Wildman–Crippen LogP) is -0.622. The van der Waals surface area contributed by atoms with E-state index in [4.69, 9.17) is 9.84 Å². The van der Waals surface area contributed by atoms with Crippen molar-refractivity contribution in [3.8, 4) is 0 Å². The van der Waals surface area contributed by atoms with Crippen LogP contribution < -0.4 is 10.6 Å². The van der Waals surface area contributed by atoms with Gasteiger partial charge in [0.2, 0.25) is 0 Å². The molecule has 0 aromatic rings. The van der Waals surface area contributed by atoms with Crippen LogP contribution in [-0.4, -0.2) is 68.9 Å². The average Bonchev–Trinajstić information content (AvgIpc) is 2.43. The Bertz CT molecular complexity index is 275. The van der Waals surface area contributed by atoms with Gasteiger partial charge in [-0.05, 0) is 13.0 Å². The van der Waals surface area contributed by atoms with Crippen molar-refractivity contribution in [2.24, 2.45) is 4.99 Å². The monoisotopic (exact) mass is 256 g/mol. The lowest BCUT2D eigenvalue weighted by molar-refractivity contribution is 0.0530. The summed E-state index contributed by atoms with van der Waals surface area (Å²) < 4.78 is 5.33. The van der Waals surface area contributed by atoms with E-state index in [0.717, 1.165) is 32.1 Å². The minimum absolute atomic E-state index is 0.0977. The summed E-state index contributed by atoms with van der Waals surface area (Å²) in [6.45, 7) is 5.99. The Morgan fingerprint density at radius 1 is 1.50 bits per heavy atom. The van der Waals surface area contributed by atoms with Crippen LogP contribution in [0.25, 0.3) is 0 Å². The molecule has 6 nitrogen and oxygen atoms in total. The van der Waals surface area contributed by atoms with Crippen LogP contribution in [-0.2, 0) is 4.74 Å². The lowest BCUT2D eigenvalue weighted by Gasteiger charge is -2.28. The lowest BCUT2D eigenvalue weighted by atomic mass is 10.3. The SMILES string of the molecule is CN/C=N\C(=C/CN[C@H](C)CO)N1CCOCC1. The van der Waals surface area contributed by atoms with Crippen LogP contribution in [0.1, 0.15) is 6.92 Å². The van der Waals surface area contributed by atoms with Crippen molar-refractivity contribution in [1.82, 2.24) is 15.5 Å². The first-order chi connectivity index (χ1) is 8.77. The van der Waals surface area contributed by atoms with E-state index in [1.807, 2.05) is 20.0 Å². The highest BCUT2D eigenvalue weighted by molar-refractivity contribution is 5.55. The summed E-state index contributed by atoms with van der Waals surface area (Å²) in [7, 11) is 1.83. The highest BCUT2D eigenvalue weighted by Gasteiger charge is 2.12. The van der Waals surface area contributed by atoms with E-state index in [-0.39, 0.29) is 12.6 Å². The molecule has 1 aliphatic rings. The number of aliphatic hydroxyl groups excluding tert-OH is 1. The maximum absolute atomic E-state index is 8.94. The van der Waals surface area contributed by atoms with Crippen LogP contribution in [0.2, 0.25) is 0 Å². The molecule has 0 saturated carbocycles. The van der Waals surface area contributed by atoms with Crippen molar-refractivity contribution in [2.45, 2.75) is 13.0 Å². The maximum atomic E-state index is 8.94.